The maximum atomic E-state index is 12.5. The van der Waals surface area contributed by atoms with Crippen molar-refractivity contribution in [3.05, 3.63) is 52.8 Å². The molecule has 0 bridgehead atoms. The summed E-state index contributed by atoms with van der Waals surface area (Å²) in [4.78, 5) is 22.4. The molecule has 1 aromatic heterocycles. The third-order valence-electron chi connectivity index (χ3n) is 4.22. The van der Waals surface area contributed by atoms with Crippen LogP contribution < -0.4 is 10.2 Å². The molecule has 0 radical (unpaired) electrons. The second kappa shape index (κ2) is 8.77. The van der Waals surface area contributed by atoms with E-state index in [2.05, 4.69) is 31.2 Å². The van der Waals surface area contributed by atoms with Gasteiger partial charge in [-0.3, -0.25) is 4.79 Å². The van der Waals surface area contributed by atoms with E-state index in [0.717, 1.165) is 4.47 Å². The maximum Gasteiger partial charge on any atom is 0.251 e. The summed E-state index contributed by atoms with van der Waals surface area (Å²) in [5.41, 5.74) is 0.493. The van der Waals surface area contributed by atoms with Crippen LogP contribution in [-0.2, 0) is 10.0 Å². The van der Waals surface area contributed by atoms with Gasteiger partial charge in [0, 0.05) is 55.2 Å². The van der Waals surface area contributed by atoms with E-state index in [1.807, 2.05) is 4.90 Å². The Morgan fingerprint density at radius 3 is 2.33 bits per heavy atom. The number of carbonyl (C=O) groups is 1. The van der Waals surface area contributed by atoms with Gasteiger partial charge in [-0.05, 0) is 30.3 Å². The van der Waals surface area contributed by atoms with Gasteiger partial charge < -0.3 is 10.2 Å². The molecule has 2 heterocycles. The van der Waals surface area contributed by atoms with Crippen LogP contribution in [0.2, 0.25) is 0 Å². The second-order valence-corrected chi connectivity index (χ2v) is 9.02. The predicted octanol–water partition coefficient (Wildman–Crippen LogP) is 1.12. The number of carbonyl (C=O) groups excluding carboxylic acids is 1. The fourth-order valence-corrected chi connectivity index (χ4v) is 4.35. The molecule has 2 aromatic rings. The Morgan fingerprint density at radius 2 is 1.70 bits per heavy atom. The number of benzene rings is 1. The summed E-state index contributed by atoms with van der Waals surface area (Å²) in [5.74, 6) is 0.192. The SMILES string of the molecule is O=C(NCCS(=O)(=O)N1CCN(c2ncccn2)CC1)c1ccc(Br)cc1. The lowest BCUT2D eigenvalue weighted by Gasteiger charge is -2.33. The number of amides is 1. The van der Waals surface area contributed by atoms with Gasteiger partial charge in [0.15, 0.2) is 0 Å². The van der Waals surface area contributed by atoms with Gasteiger partial charge in [0.25, 0.3) is 5.91 Å². The molecule has 1 fully saturated rings. The first-order valence-electron chi connectivity index (χ1n) is 8.49. The summed E-state index contributed by atoms with van der Waals surface area (Å²) < 4.78 is 27.4. The third-order valence-corrected chi connectivity index (χ3v) is 6.62. The number of hydrogen-bond donors (Lipinski definition) is 1. The first-order valence-corrected chi connectivity index (χ1v) is 10.9. The average Bonchev–Trinajstić information content (AvgIpc) is 2.69. The van der Waals surface area contributed by atoms with Gasteiger partial charge in [0.2, 0.25) is 16.0 Å². The largest absolute Gasteiger partial charge is 0.351 e. The fourth-order valence-electron chi connectivity index (χ4n) is 2.75. The van der Waals surface area contributed by atoms with Crippen molar-refractivity contribution in [1.82, 2.24) is 19.6 Å². The number of halogens is 1. The molecule has 1 aromatic carbocycles. The van der Waals surface area contributed by atoms with Crippen molar-refractivity contribution < 1.29 is 13.2 Å². The van der Waals surface area contributed by atoms with E-state index >= 15 is 0 Å². The molecule has 0 saturated carbocycles. The smallest absolute Gasteiger partial charge is 0.251 e. The third kappa shape index (κ3) is 5.24. The Bertz CT molecular complexity index is 869. The number of anilines is 1. The molecule has 27 heavy (non-hydrogen) atoms. The molecule has 1 aliphatic rings. The highest BCUT2D eigenvalue weighted by molar-refractivity contribution is 9.10. The van der Waals surface area contributed by atoms with E-state index in [9.17, 15) is 13.2 Å². The second-order valence-electron chi connectivity index (χ2n) is 6.01. The fraction of sp³-hybridized carbons (Fsp3) is 0.353. The molecule has 0 unspecified atom stereocenters. The van der Waals surface area contributed by atoms with Crippen molar-refractivity contribution in [3.8, 4) is 0 Å². The molecule has 10 heteroatoms. The number of rotatable bonds is 6. The Morgan fingerprint density at radius 1 is 1.07 bits per heavy atom. The van der Waals surface area contributed by atoms with Crippen molar-refractivity contribution in [3.63, 3.8) is 0 Å². The van der Waals surface area contributed by atoms with E-state index in [1.165, 1.54) is 4.31 Å². The van der Waals surface area contributed by atoms with E-state index in [4.69, 9.17) is 0 Å². The van der Waals surface area contributed by atoms with Crippen LogP contribution in [0.4, 0.5) is 5.95 Å². The summed E-state index contributed by atoms with van der Waals surface area (Å²) in [6, 6.07) is 8.63. The minimum atomic E-state index is -3.43. The highest BCUT2D eigenvalue weighted by atomic mass is 79.9. The first-order chi connectivity index (χ1) is 13.0. The van der Waals surface area contributed by atoms with Crippen LogP contribution in [0.5, 0.6) is 0 Å². The average molecular weight is 454 g/mol. The van der Waals surface area contributed by atoms with Gasteiger partial charge >= 0.3 is 0 Å². The number of hydrogen-bond acceptors (Lipinski definition) is 6. The number of aromatic nitrogens is 2. The van der Waals surface area contributed by atoms with Crippen LogP contribution in [0.1, 0.15) is 10.4 Å². The van der Waals surface area contributed by atoms with Crippen molar-refractivity contribution >= 4 is 37.8 Å². The van der Waals surface area contributed by atoms with Gasteiger partial charge in [-0.1, -0.05) is 15.9 Å². The zero-order valence-electron chi connectivity index (χ0n) is 14.6. The summed E-state index contributed by atoms with van der Waals surface area (Å²) in [6.07, 6.45) is 3.33. The monoisotopic (exact) mass is 453 g/mol. The lowest BCUT2D eigenvalue weighted by Crippen LogP contribution is -2.50. The van der Waals surface area contributed by atoms with Crippen molar-refractivity contribution in [1.29, 1.82) is 0 Å². The van der Waals surface area contributed by atoms with Gasteiger partial charge in [-0.25, -0.2) is 18.4 Å². The Hall–Kier alpha value is -2.04. The van der Waals surface area contributed by atoms with Crippen molar-refractivity contribution in [2.75, 3.05) is 43.4 Å². The van der Waals surface area contributed by atoms with E-state index in [1.54, 1.807) is 42.7 Å². The van der Waals surface area contributed by atoms with Crippen LogP contribution in [0.15, 0.2) is 47.2 Å². The minimum absolute atomic E-state index is 0.0687. The molecule has 144 valence electrons. The van der Waals surface area contributed by atoms with Crippen molar-refractivity contribution in [2.24, 2.45) is 0 Å². The lowest BCUT2D eigenvalue weighted by atomic mass is 10.2. The highest BCUT2D eigenvalue weighted by Gasteiger charge is 2.27. The Labute approximate surface area is 166 Å². The topological polar surface area (TPSA) is 95.5 Å². The van der Waals surface area contributed by atoms with Crippen LogP contribution in [0, 0.1) is 0 Å². The molecule has 3 rings (SSSR count). The number of piperazine rings is 1. The summed E-state index contributed by atoms with van der Waals surface area (Å²) in [7, 11) is -3.43. The quantitative estimate of drug-likeness (QED) is 0.703. The molecular weight excluding hydrogens is 434 g/mol. The predicted molar refractivity (Wildman–Crippen MR) is 106 cm³/mol. The first kappa shape index (κ1) is 19.7. The lowest BCUT2D eigenvalue weighted by molar-refractivity contribution is 0.0956. The van der Waals surface area contributed by atoms with Gasteiger partial charge in [0.05, 0.1) is 5.75 Å². The maximum absolute atomic E-state index is 12.5. The summed E-state index contributed by atoms with van der Waals surface area (Å²) >= 11 is 3.31. The standard InChI is InChI=1S/C17H20BrN5O3S/c18-15-4-2-14(3-5-15)16(24)19-8-13-27(25,26)23-11-9-22(10-12-23)17-20-6-1-7-21-17/h1-7H,8-13H2,(H,19,24). The highest BCUT2D eigenvalue weighted by Crippen LogP contribution is 2.13. The normalized spacial score (nSPS) is 15.5. The van der Waals surface area contributed by atoms with E-state index in [0.29, 0.717) is 37.7 Å². The van der Waals surface area contributed by atoms with Crippen LogP contribution in [0.25, 0.3) is 0 Å². The van der Waals surface area contributed by atoms with Crippen molar-refractivity contribution in [2.45, 2.75) is 0 Å². The van der Waals surface area contributed by atoms with E-state index < -0.39 is 10.0 Å². The number of nitrogens with zero attached hydrogens (tertiary/aromatic N) is 4. The molecule has 8 nitrogen and oxygen atoms in total. The molecule has 1 N–H and O–H groups in total. The van der Waals surface area contributed by atoms with Gasteiger partial charge in [-0.15, -0.1) is 0 Å². The van der Waals surface area contributed by atoms with Crippen LogP contribution in [-0.4, -0.2) is 67.1 Å². The van der Waals surface area contributed by atoms with E-state index in [-0.39, 0.29) is 18.2 Å². The zero-order chi connectivity index (χ0) is 19.3. The zero-order valence-corrected chi connectivity index (χ0v) is 17.0. The molecule has 1 saturated heterocycles. The number of nitrogens with one attached hydrogen (secondary N) is 1. The summed E-state index contributed by atoms with van der Waals surface area (Å²) in [5, 5.41) is 2.66. The molecular formula is C17H20BrN5O3S. The van der Waals surface area contributed by atoms with Crippen LogP contribution in [0.3, 0.4) is 0 Å². The van der Waals surface area contributed by atoms with Gasteiger partial charge in [-0.2, -0.15) is 4.31 Å². The molecule has 0 aliphatic carbocycles. The molecule has 1 aliphatic heterocycles. The van der Waals surface area contributed by atoms with Crippen LogP contribution >= 0.6 is 15.9 Å². The Balaban J connectivity index is 1.47. The molecule has 1 amide bonds. The molecule has 0 spiro atoms. The molecule has 0 atom stereocenters. The number of sulfonamides is 1. The summed E-state index contributed by atoms with van der Waals surface area (Å²) in [6.45, 7) is 1.89. The Kier molecular flexibility index (Phi) is 6.40. The minimum Gasteiger partial charge on any atom is -0.351 e. The van der Waals surface area contributed by atoms with Gasteiger partial charge in [0.1, 0.15) is 0 Å².